The Balaban J connectivity index is 0.000000200. The van der Waals surface area contributed by atoms with Gasteiger partial charge in [0, 0.05) is 17.9 Å². The lowest BCUT2D eigenvalue weighted by Gasteiger charge is -2.20. The summed E-state index contributed by atoms with van der Waals surface area (Å²) in [6.07, 6.45) is 0.960. The van der Waals surface area contributed by atoms with Crippen LogP contribution in [0.15, 0.2) is 143 Å². The summed E-state index contributed by atoms with van der Waals surface area (Å²) in [5.41, 5.74) is 4.57. The van der Waals surface area contributed by atoms with Crippen molar-refractivity contribution < 1.29 is 4.42 Å². The molecule has 0 N–H and O–H groups in total. The Morgan fingerprint density at radius 3 is 1.92 bits per heavy atom. The third-order valence-corrected chi connectivity index (χ3v) is 7.08. The molecule has 2 heteroatoms. The summed E-state index contributed by atoms with van der Waals surface area (Å²) in [6, 6.07) is 44.9. The largest absolute Gasteiger partial charge is 0.460 e. The molecule has 1 aromatic heterocycles. The van der Waals surface area contributed by atoms with Crippen LogP contribution in [0.3, 0.4) is 0 Å². The number of hydrogen-bond donors (Lipinski definition) is 0. The topological polar surface area (TPSA) is 30.2 Å². The minimum absolute atomic E-state index is 0.0260. The fourth-order valence-corrected chi connectivity index (χ4v) is 5.37. The van der Waals surface area contributed by atoms with Gasteiger partial charge in [0.25, 0.3) is 0 Å². The summed E-state index contributed by atoms with van der Waals surface area (Å²) in [4.78, 5) is 12.7. The lowest BCUT2D eigenvalue weighted by molar-refractivity contribution is 0.481. The molecular formula is C34H26O2. The van der Waals surface area contributed by atoms with E-state index in [1.807, 2.05) is 30.3 Å². The number of hydrogen-bond acceptors (Lipinski definition) is 2. The zero-order chi connectivity index (χ0) is 24.3. The van der Waals surface area contributed by atoms with Gasteiger partial charge in [-0.1, -0.05) is 115 Å². The van der Waals surface area contributed by atoms with Crippen LogP contribution >= 0.6 is 0 Å². The van der Waals surface area contributed by atoms with Crippen LogP contribution in [0.1, 0.15) is 34.3 Å². The van der Waals surface area contributed by atoms with Crippen molar-refractivity contribution in [3.05, 3.63) is 166 Å². The van der Waals surface area contributed by atoms with Crippen LogP contribution in [-0.4, -0.2) is 0 Å². The Labute approximate surface area is 210 Å². The minimum Gasteiger partial charge on any atom is -0.460 e. The quantitative estimate of drug-likeness (QED) is 0.258. The Hall–Kier alpha value is -4.43. The predicted octanol–water partition coefficient (Wildman–Crippen LogP) is 8.10. The minimum atomic E-state index is 0.0260. The molecule has 174 valence electrons. The summed E-state index contributed by atoms with van der Waals surface area (Å²) in [7, 11) is 0. The third kappa shape index (κ3) is 4.23. The third-order valence-electron chi connectivity index (χ3n) is 7.08. The second-order valence-corrected chi connectivity index (χ2v) is 9.25. The fraction of sp³-hybridized carbons (Fsp3) is 0.0882. The molecule has 1 aliphatic rings. The van der Waals surface area contributed by atoms with E-state index in [9.17, 15) is 4.79 Å². The van der Waals surface area contributed by atoms with E-state index >= 15 is 0 Å². The molecule has 1 heterocycles. The normalized spacial score (nSPS) is 16.3. The van der Waals surface area contributed by atoms with Crippen LogP contribution in [0.4, 0.5) is 0 Å². The number of benzene rings is 5. The van der Waals surface area contributed by atoms with Crippen LogP contribution in [0, 0.1) is 0 Å². The molecule has 6 aromatic rings. The molecule has 0 fully saturated rings. The molecule has 5 aromatic carbocycles. The van der Waals surface area contributed by atoms with Crippen molar-refractivity contribution in [2.24, 2.45) is 0 Å². The number of rotatable bonds is 2. The Morgan fingerprint density at radius 2 is 1.19 bits per heavy atom. The maximum Gasteiger partial charge on any atom is 0.192 e. The van der Waals surface area contributed by atoms with E-state index in [1.165, 1.54) is 27.5 Å². The van der Waals surface area contributed by atoms with Crippen LogP contribution in [0.25, 0.3) is 21.7 Å². The molecule has 7 rings (SSSR count). The lowest BCUT2D eigenvalue weighted by atomic mass is 9.84. The molecule has 0 amide bonds. The first-order chi connectivity index (χ1) is 17.8. The highest BCUT2D eigenvalue weighted by molar-refractivity contribution is 5.82. The van der Waals surface area contributed by atoms with E-state index in [2.05, 4.69) is 97.1 Å². The molecule has 2 atom stereocenters. The molecule has 0 saturated carbocycles. The monoisotopic (exact) mass is 466 g/mol. The molecule has 2 unspecified atom stereocenters. The SMILES string of the molecule is O=c1cc(C2c3ccccc3CC2c2ccccc2)oc2ccccc12.c1ccc2ccccc2c1. The van der Waals surface area contributed by atoms with Gasteiger partial charge < -0.3 is 4.42 Å². The molecule has 0 spiro atoms. The molecule has 1 aliphatic carbocycles. The molecule has 0 saturated heterocycles. The van der Waals surface area contributed by atoms with Gasteiger partial charge in [0.15, 0.2) is 5.43 Å². The highest BCUT2D eigenvalue weighted by atomic mass is 16.3. The van der Waals surface area contributed by atoms with Crippen molar-refractivity contribution in [3.8, 4) is 0 Å². The van der Waals surface area contributed by atoms with E-state index in [-0.39, 0.29) is 17.3 Å². The molecule has 0 bridgehead atoms. The van der Waals surface area contributed by atoms with Crippen molar-refractivity contribution in [2.75, 3.05) is 0 Å². The first-order valence-electron chi connectivity index (χ1n) is 12.4. The van der Waals surface area contributed by atoms with Gasteiger partial charge in [-0.05, 0) is 46.0 Å². The highest BCUT2D eigenvalue weighted by Gasteiger charge is 2.36. The Bertz CT molecular complexity index is 1630. The van der Waals surface area contributed by atoms with Gasteiger partial charge in [0.2, 0.25) is 0 Å². The van der Waals surface area contributed by atoms with Crippen molar-refractivity contribution in [1.29, 1.82) is 0 Å². The standard InChI is InChI=1S/C24H18O2.C10H8/c25-21-15-23(26-22-13-7-6-12-19(21)22)24-18-11-5-4-10-17(18)14-20(24)16-8-2-1-3-9-16;1-2-6-10-8-4-3-7-9(10)5-1/h1-13,15,20,24H,14H2;1-8H. The molecule has 36 heavy (non-hydrogen) atoms. The van der Waals surface area contributed by atoms with Crippen molar-refractivity contribution in [2.45, 2.75) is 18.3 Å². The maximum absolute atomic E-state index is 12.7. The lowest BCUT2D eigenvalue weighted by Crippen LogP contribution is -2.11. The first kappa shape index (κ1) is 22.1. The predicted molar refractivity (Wildman–Crippen MR) is 148 cm³/mol. The van der Waals surface area contributed by atoms with Crippen LogP contribution in [0.2, 0.25) is 0 Å². The van der Waals surface area contributed by atoms with Crippen LogP contribution in [0.5, 0.6) is 0 Å². The summed E-state index contributed by atoms with van der Waals surface area (Å²) in [6.45, 7) is 0. The van der Waals surface area contributed by atoms with Crippen LogP contribution < -0.4 is 5.43 Å². The summed E-state index contributed by atoms with van der Waals surface area (Å²) >= 11 is 0. The van der Waals surface area contributed by atoms with E-state index < -0.39 is 0 Å². The summed E-state index contributed by atoms with van der Waals surface area (Å²) in [5, 5.41) is 3.26. The number of para-hydroxylation sites is 1. The maximum atomic E-state index is 12.7. The molecule has 0 radical (unpaired) electrons. The Kier molecular flexibility index (Phi) is 5.93. The van der Waals surface area contributed by atoms with Crippen LogP contribution in [-0.2, 0) is 6.42 Å². The second kappa shape index (κ2) is 9.67. The average Bonchev–Trinajstić information content (AvgIpc) is 3.34. The van der Waals surface area contributed by atoms with Gasteiger partial charge in [0.05, 0.1) is 5.39 Å². The smallest absolute Gasteiger partial charge is 0.192 e. The van der Waals surface area contributed by atoms with Crippen molar-refractivity contribution in [3.63, 3.8) is 0 Å². The van der Waals surface area contributed by atoms with E-state index in [0.717, 1.165) is 12.2 Å². The summed E-state index contributed by atoms with van der Waals surface area (Å²) in [5.74, 6) is 1.09. The van der Waals surface area contributed by atoms with Crippen molar-refractivity contribution in [1.82, 2.24) is 0 Å². The second-order valence-electron chi connectivity index (χ2n) is 9.25. The average molecular weight is 467 g/mol. The Morgan fingerprint density at radius 1 is 0.611 bits per heavy atom. The van der Waals surface area contributed by atoms with Gasteiger partial charge in [-0.15, -0.1) is 0 Å². The molecular weight excluding hydrogens is 440 g/mol. The summed E-state index contributed by atoms with van der Waals surface area (Å²) < 4.78 is 6.24. The zero-order valence-electron chi connectivity index (χ0n) is 19.9. The van der Waals surface area contributed by atoms with Gasteiger partial charge in [-0.3, -0.25) is 4.79 Å². The number of fused-ring (bicyclic) bond motifs is 3. The molecule has 0 aliphatic heterocycles. The van der Waals surface area contributed by atoms with Crippen molar-refractivity contribution >= 4 is 21.7 Å². The first-order valence-corrected chi connectivity index (χ1v) is 12.4. The van der Waals surface area contributed by atoms with E-state index in [4.69, 9.17) is 4.42 Å². The molecule has 2 nitrogen and oxygen atoms in total. The van der Waals surface area contributed by atoms with E-state index in [1.54, 1.807) is 6.07 Å². The fourth-order valence-electron chi connectivity index (χ4n) is 5.37. The van der Waals surface area contributed by atoms with Gasteiger partial charge in [0.1, 0.15) is 11.3 Å². The van der Waals surface area contributed by atoms with Gasteiger partial charge in [-0.25, -0.2) is 0 Å². The highest BCUT2D eigenvalue weighted by Crippen LogP contribution is 2.47. The van der Waals surface area contributed by atoms with Gasteiger partial charge >= 0.3 is 0 Å². The zero-order valence-corrected chi connectivity index (χ0v) is 19.9. The van der Waals surface area contributed by atoms with E-state index in [0.29, 0.717) is 11.0 Å². The van der Waals surface area contributed by atoms with Gasteiger partial charge in [-0.2, -0.15) is 0 Å².